The summed E-state index contributed by atoms with van der Waals surface area (Å²) in [4.78, 5) is 11.5. The quantitative estimate of drug-likeness (QED) is 0.640. The number of nitrogens with zero attached hydrogens (tertiary/aromatic N) is 2. The van der Waals surface area contributed by atoms with Crippen LogP contribution < -0.4 is 0 Å². The Morgan fingerprint density at radius 2 is 1.94 bits per heavy atom. The van der Waals surface area contributed by atoms with Gasteiger partial charge in [0, 0.05) is 19.1 Å². The highest BCUT2D eigenvalue weighted by Crippen LogP contribution is 2.30. The predicted octanol–water partition coefficient (Wildman–Crippen LogP) is 0.599. The summed E-state index contributed by atoms with van der Waals surface area (Å²) in [6.07, 6.45) is 1.62. The molecule has 0 spiro atoms. The van der Waals surface area contributed by atoms with E-state index in [1.165, 1.54) is 15.7 Å². The van der Waals surface area contributed by atoms with Gasteiger partial charge in [-0.2, -0.15) is 17.0 Å². The Kier molecular flexibility index (Phi) is 5.12. The Hall–Kier alpha value is -0.660. The molecule has 7 heteroatoms. The van der Waals surface area contributed by atoms with E-state index < -0.39 is 16.2 Å². The van der Waals surface area contributed by atoms with Gasteiger partial charge in [0.15, 0.2) is 0 Å². The van der Waals surface area contributed by atoms with Crippen LogP contribution in [-0.4, -0.2) is 55.3 Å². The largest absolute Gasteiger partial charge is 0.465 e. The summed E-state index contributed by atoms with van der Waals surface area (Å²) in [7, 11) is -2.06. The van der Waals surface area contributed by atoms with Crippen molar-refractivity contribution in [1.82, 2.24) is 8.61 Å². The molecule has 0 amide bonds. The molecule has 1 fully saturated rings. The number of esters is 1. The van der Waals surface area contributed by atoms with Crippen LogP contribution in [-0.2, 0) is 19.7 Å². The first kappa shape index (κ1) is 15.4. The summed E-state index contributed by atoms with van der Waals surface area (Å²) in [5.74, 6) is -0.495. The van der Waals surface area contributed by atoms with E-state index in [4.69, 9.17) is 4.74 Å². The van der Waals surface area contributed by atoms with Gasteiger partial charge in [-0.15, -0.1) is 0 Å². The molecule has 1 aliphatic carbocycles. The van der Waals surface area contributed by atoms with Crippen LogP contribution in [0.2, 0.25) is 0 Å². The zero-order valence-corrected chi connectivity index (χ0v) is 12.2. The minimum Gasteiger partial charge on any atom is -0.465 e. The molecule has 0 saturated heterocycles. The molecule has 0 aliphatic heterocycles. The van der Waals surface area contributed by atoms with Crippen molar-refractivity contribution in [3.05, 3.63) is 0 Å². The van der Waals surface area contributed by atoms with Crippen LogP contribution in [0.15, 0.2) is 0 Å². The summed E-state index contributed by atoms with van der Waals surface area (Å²) in [5.41, 5.74) is 0. The molecule has 0 heterocycles. The lowest BCUT2D eigenvalue weighted by Crippen LogP contribution is -2.47. The van der Waals surface area contributed by atoms with Gasteiger partial charge in [-0.05, 0) is 33.6 Å². The fraction of sp³-hybridized carbons (Fsp3) is 0.909. The van der Waals surface area contributed by atoms with Gasteiger partial charge in [0.25, 0.3) is 10.2 Å². The molecule has 0 atom stereocenters. The van der Waals surface area contributed by atoms with Crippen molar-refractivity contribution >= 4 is 16.2 Å². The monoisotopic (exact) mass is 278 g/mol. The molecule has 1 saturated carbocycles. The van der Waals surface area contributed by atoms with Gasteiger partial charge in [0.05, 0.1) is 6.61 Å². The second-order valence-electron chi connectivity index (χ2n) is 4.70. The number of rotatable bonds is 7. The number of hydrogen-bond acceptors (Lipinski definition) is 4. The van der Waals surface area contributed by atoms with E-state index >= 15 is 0 Å². The van der Waals surface area contributed by atoms with Crippen LogP contribution >= 0.6 is 0 Å². The van der Waals surface area contributed by atoms with Crippen molar-refractivity contribution in [1.29, 1.82) is 0 Å². The summed E-state index contributed by atoms with van der Waals surface area (Å²) in [5, 5.41) is 0. The van der Waals surface area contributed by atoms with Gasteiger partial charge in [0.1, 0.15) is 6.54 Å². The molecule has 0 bridgehead atoms. The lowest BCUT2D eigenvalue weighted by molar-refractivity contribution is -0.143. The third-order valence-electron chi connectivity index (χ3n) is 2.93. The molecule has 1 aliphatic rings. The second kappa shape index (κ2) is 5.99. The van der Waals surface area contributed by atoms with E-state index in [1.807, 2.05) is 0 Å². The van der Waals surface area contributed by atoms with E-state index in [9.17, 15) is 13.2 Å². The minimum absolute atomic E-state index is 0.0550. The normalized spacial score (nSPS) is 16.6. The zero-order valence-electron chi connectivity index (χ0n) is 11.4. The Morgan fingerprint density at radius 3 is 2.33 bits per heavy atom. The van der Waals surface area contributed by atoms with Crippen LogP contribution in [0.4, 0.5) is 0 Å². The molecule has 0 N–H and O–H groups in total. The van der Waals surface area contributed by atoms with Crippen molar-refractivity contribution in [2.24, 2.45) is 0 Å². The number of carbonyl (C=O) groups excluding carboxylic acids is 1. The molecule has 0 aromatic heterocycles. The SMILES string of the molecule is CCOC(=O)CN(C1CC1)S(=O)(=O)N(C)C(C)C. The van der Waals surface area contributed by atoms with Gasteiger partial charge in [-0.3, -0.25) is 4.79 Å². The van der Waals surface area contributed by atoms with Gasteiger partial charge in [-0.1, -0.05) is 0 Å². The Labute approximate surface area is 109 Å². The Morgan fingerprint density at radius 1 is 1.39 bits per heavy atom. The molecule has 0 aromatic rings. The minimum atomic E-state index is -3.58. The van der Waals surface area contributed by atoms with Gasteiger partial charge in [0.2, 0.25) is 0 Å². The summed E-state index contributed by atoms with van der Waals surface area (Å²) in [6, 6.07) is -0.195. The first-order valence-electron chi connectivity index (χ1n) is 6.21. The van der Waals surface area contributed by atoms with Crippen LogP contribution in [0, 0.1) is 0 Å². The van der Waals surface area contributed by atoms with E-state index in [-0.39, 0.29) is 25.2 Å². The fourth-order valence-electron chi connectivity index (χ4n) is 1.53. The first-order valence-corrected chi connectivity index (χ1v) is 7.60. The molecule has 0 radical (unpaired) electrons. The maximum absolute atomic E-state index is 12.3. The molecule has 6 nitrogen and oxygen atoms in total. The summed E-state index contributed by atoms with van der Waals surface area (Å²) < 4.78 is 32.0. The lowest BCUT2D eigenvalue weighted by Gasteiger charge is -2.29. The fourth-order valence-corrected chi connectivity index (χ4v) is 3.25. The van der Waals surface area contributed by atoms with Crippen LogP contribution in [0.25, 0.3) is 0 Å². The maximum atomic E-state index is 12.3. The standard InChI is InChI=1S/C11H22N2O4S/c1-5-17-11(14)8-13(10-6-7-10)18(15,16)12(4)9(2)3/h9-10H,5-8H2,1-4H3. The van der Waals surface area contributed by atoms with E-state index in [0.717, 1.165) is 12.8 Å². The average molecular weight is 278 g/mol. The van der Waals surface area contributed by atoms with Gasteiger partial charge < -0.3 is 4.74 Å². The number of hydrogen-bond donors (Lipinski definition) is 0. The van der Waals surface area contributed by atoms with Crippen LogP contribution in [0.1, 0.15) is 33.6 Å². The maximum Gasteiger partial charge on any atom is 0.321 e. The third-order valence-corrected chi connectivity index (χ3v) is 5.10. The smallest absolute Gasteiger partial charge is 0.321 e. The average Bonchev–Trinajstić information content (AvgIpc) is 3.08. The zero-order chi connectivity index (χ0) is 13.9. The molecule has 18 heavy (non-hydrogen) atoms. The molecule has 0 aromatic carbocycles. The number of ether oxygens (including phenoxy) is 1. The van der Waals surface area contributed by atoms with Crippen LogP contribution in [0.5, 0.6) is 0 Å². The summed E-state index contributed by atoms with van der Waals surface area (Å²) >= 11 is 0. The molecular weight excluding hydrogens is 256 g/mol. The van der Waals surface area contributed by atoms with E-state index in [2.05, 4.69) is 0 Å². The highest BCUT2D eigenvalue weighted by Gasteiger charge is 2.41. The van der Waals surface area contributed by atoms with Crippen molar-refractivity contribution < 1.29 is 17.9 Å². The number of carbonyl (C=O) groups is 1. The van der Waals surface area contributed by atoms with Gasteiger partial charge >= 0.3 is 5.97 Å². The van der Waals surface area contributed by atoms with E-state index in [0.29, 0.717) is 0 Å². The molecular formula is C11H22N2O4S. The van der Waals surface area contributed by atoms with Crippen molar-refractivity contribution in [2.75, 3.05) is 20.2 Å². The Balaban J connectivity index is 2.81. The highest BCUT2D eigenvalue weighted by atomic mass is 32.2. The lowest BCUT2D eigenvalue weighted by atomic mass is 10.4. The summed E-state index contributed by atoms with van der Waals surface area (Å²) in [6.45, 7) is 5.36. The predicted molar refractivity (Wildman–Crippen MR) is 68.2 cm³/mol. The Bertz CT molecular complexity index is 390. The van der Waals surface area contributed by atoms with Crippen LogP contribution in [0.3, 0.4) is 0 Å². The highest BCUT2D eigenvalue weighted by molar-refractivity contribution is 7.86. The second-order valence-corrected chi connectivity index (χ2v) is 6.64. The molecule has 106 valence electrons. The first-order chi connectivity index (χ1) is 8.30. The van der Waals surface area contributed by atoms with Crippen molar-refractivity contribution in [2.45, 2.75) is 45.7 Å². The molecule has 1 rings (SSSR count). The van der Waals surface area contributed by atoms with Crippen molar-refractivity contribution in [3.63, 3.8) is 0 Å². The topological polar surface area (TPSA) is 66.9 Å². The van der Waals surface area contributed by atoms with E-state index in [1.54, 1.807) is 20.8 Å². The van der Waals surface area contributed by atoms with Crippen molar-refractivity contribution in [3.8, 4) is 0 Å². The van der Waals surface area contributed by atoms with Gasteiger partial charge in [-0.25, -0.2) is 0 Å². The third kappa shape index (κ3) is 3.66. The molecule has 0 unspecified atom stereocenters.